The highest BCUT2D eigenvalue weighted by molar-refractivity contribution is 5.77. The van der Waals surface area contributed by atoms with Crippen LogP contribution < -0.4 is 11.1 Å². The number of rotatable bonds is 5. The van der Waals surface area contributed by atoms with E-state index in [4.69, 9.17) is 5.73 Å². The van der Waals surface area contributed by atoms with Crippen LogP contribution in [0.1, 0.15) is 20.3 Å². The van der Waals surface area contributed by atoms with Gasteiger partial charge in [-0.2, -0.15) is 0 Å². The molecule has 0 fully saturated rings. The zero-order chi connectivity index (χ0) is 7.98. The van der Waals surface area contributed by atoms with E-state index in [1.54, 1.807) is 6.92 Å². The van der Waals surface area contributed by atoms with Gasteiger partial charge in [0.15, 0.2) is 0 Å². The molecule has 3 N–H and O–H groups in total. The summed E-state index contributed by atoms with van der Waals surface area (Å²) in [5, 5.41) is 2.99. The van der Waals surface area contributed by atoms with Gasteiger partial charge < -0.3 is 11.1 Å². The fraction of sp³-hybridized carbons (Fsp3) is 0.857. The van der Waals surface area contributed by atoms with Crippen LogP contribution in [0.3, 0.4) is 0 Å². The first-order chi connectivity index (χ1) is 4.63. The number of hydrogen-bond donors (Lipinski definition) is 2. The molecule has 0 spiro atoms. The number of ketones is 1. The van der Waals surface area contributed by atoms with Gasteiger partial charge >= 0.3 is 0 Å². The number of carbonyl (C=O) groups excluding carboxylic acids is 1. The van der Waals surface area contributed by atoms with E-state index in [0.717, 1.165) is 13.0 Å². The highest BCUT2D eigenvalue weighted by atomic mass is 16.1. The lowest BCUT2D eigenvalue weighted by molar-refractivity contribution is -0.116. The third-order valence-electron chi connectivity index (χ3n) is 1.15. The van der Waals surface area contributed by atoms with E-state index in [1.807, 2.05) is 6.92 Å². The van der Waals surface area contributed by atoms with Gasteiger partial charge in [-0.25, -0.2) is 0 Å². The second-order valence-electron chi connectivity index (χ2n) is 2.64. The average Bonchev–Trinajstić information content (AvgIpc) is 1.79. The lowest BCUT2D eigenvalue weighted by Gasteiger charge is -2.04. The smallest absolute Gasteiger partial charge is 0.143 e. The van der Waals surface area contributed by atoms with E-state index in [1.165, 1.54) is 0 Å². The molecule has 0 aliphatic carbocycles. The molecule has 0 radical (unpaired) electrons. The van der Waals surface area contributed by atoms with Gasteiger partial charge in [0.1, 0.15) is 5.78 Å². The Morgan fingerprint density at radius 2 is 2.30 bits per heavy atom. The van der Waals surface area contributed by atoms with Gasteiger partial charge in [-0.15, -0.1) is 0 Å². The Balaban J connectivity index is 2.98. The predicted molar refractivity (Wildman–Crippen MR) is 41.8 cm³/mol. The number of hydrogen-bond acceptors (Lipinski definition) is 3. The standard InChI is InChI=1S/C7H16N2O/c1-6(8)3-4-9-5-7(2)10/h6,9H,3-5,8H2,1-2H3. The van der Waals surface area contributed by atoms with E-state index in [2.05, 4.69) is 5.32 Å². The quantitative estimate of drug-likeness (QED) is 0.530. The van der Waals surface area contributed by atoms with Crippen LogP contribution in [0.25, 0.3) is 0 Å². The number of nitrogens with one attached hydrogen (secondary N) is 1. The average molecular weight is 144 g/mol. The third-order valence-corrected chi connectivity index (χ3v) is 1.15. The maximum Gasteiger partial charge on any atom is 0.143 e. The summed E-state index contributed by atoms with van der Waals surface area (Å²) in [6, 6.07) is 0.222. The Kier molecular flexibility index (Phi) is 5.16. The van der Waals surface area contributed by atoms with E-state index in [-0.39, 0.29) is 11.8 Å². The Hall–Kier alpha value is -0.410. The molecular formula is C7H16N2O. The molecule has 0 saturated heterocycles. The third kappa shape index (κ3) is 7.59. The van der Waals surface area contributed by atoms with Gasteiger partial charge in [0.2, 0.25) is 0 Å². The second-order valence-corrected chi connectivity index (χ2v) is 2.64. The minimum absolute atomic E-state index is 0.171. The Bertz CT molecular complexity index is 102. The summed E-state index contributed by atoms with van der Waals surface area (Å²) in [5.41, 5.74) is 5.48. The normalized spacial score (nSPS) is 13.1. The minimum atomic E-state index is 0.171. The van der Waals surface area contributed by atoms with Crippen molar-refractivity contribution in [2.75, 3.05) is 13.1 Å². The van der Waals surface area contributed by atoms with Crippen molar-refractivity contribution in [3.63, 3.8) is 0 Å². The molecule has 3 nitrogen and oxygen atoms in total. The summed E-state index contributed by atoms with van der Waals surface area (Å²) >= 11 is 0. The molecule has 0 saturated carbocycles. The van der Waals surface area contributed by atoms with Crippen molar-refractivity contribution in [1.82, 2.24) is 5.32 Å². The Morgan fingerprint density at radius 1 is 1.70 bits per heavy atom. The zero-order valence-electron chi connectivity index (χ0n) is 6.68. The lowest BCUT2D eigenvalue weighted by Crippen LogP contribution is -2.27. The van der Waals surface area contributed by atoms with Crippen LogP contribution in [0.4, 0.5) is 0 Å². The molecule has 0 aromatic heterocycles. The van der Waals surface area contributed by atoms with Crippen molar-refractivity contribution in [2.24, 2.45) is 5.73 Å². The summed E-state index contributed by atoms with van der Waals surface area (Å²) in [7, 11) is 0. The van der Waals surface area contributed by atoms with E-state index in [0.29, 0.717) is 6.54 Å². The maximum atomic E-state index is 10.4. The van der Waals surface area contributed by atoms with E-state index in [9.17, 15) is 4.79 Å². The fourth-order valence-corrected chi connectivity index (χ4v) is 0.594. The molecule has 0 rings (SSSR count). The van der Waals surface area contributed by atoms with Gasteiger partial charge in [0, 0.05) is 6.04 Å². The summed E-state index contributed by atoms with van der Waals surface area (Å²) in [6.45, 7) is 4.82. The molecule has 0 heterocycles. The summed E-state index contributed by atoms with van der Waals surface area (Å²) in [5.74, 6) is 0.171. The number of Topliss-reactive ketones (excluding diaryl/α,β-unsaturated/α-hetero) is 1. The molecule has 0 amide bonds. The molecule has 10 heavy (non-hydrogen) atoms. The Labute approximate surface area is 62.0 Å². The molecule has 1 atom stereocenters. The van der Waals surface area contributed by atoms with Crippen molar-refractivity contribution in [3.05, 3.63) is 0 Å². The van der Waals surface area contributed by atoms with Gasteiger partial charge in [0.25, 0.3) is 0 Å². The van der Waals surface area contributed by atoms with Crippen LogP contribution in [0, 0.1) is 0 Å². The fourth-order valence-electron chi connectivity index (χ4n) is 0.594. The molecule has 3 heteroatoms. The first kappa shape index (κ1) is 9.59. The highest BCUT2D eigenvalue weighted by Crippen LogP contribution is 1.81. The largest absolute Gasteiger partial charge is 0.328 e. The molecule has 0 bridgehead atoms. The molecule has 60 valence electrons. The second kappa shape index (κ2) is 5.38. The molecule has 0 aliphatic rings. The van der Waals surface area contributed by atoms with Crippen LogP contribution in [0.2, 0.25) is 0 Å². The van der Waals surface area contributed by atoms with Gasteiger partial charge in [0.05, 0.1) is 6.54 Å². The summed E-state index contributed by atoms with van der Waals surface area (Å²) in [6.07, 6.45) is 0.924. The molecule has 0 aromatic carbocycles. The van der Waals surface area contributed by atoms with Gasteiger partial charge in [-0.05, 0) is 26.8 Å². The zero-order valence-corrected chi connectivity index (χ0v) is 6.68. The molecular weight excluding hydrogens is 128 g/mol. The lowest BCUT2D eigenvalue weighted by atomic mass is 10.2. The first-order valence-corrected chi connectivity index (χ1v) is 3.58. The predicted octanol–water partition coefficient (Wildman–Crippen LogP) is -0.0977. The first-order valence-electron chi connectivity index (χ1n) is 3.58. The topological polar surface area (TPSA) is 55.1 Å². The summed E-state index contributed by atoms with van der Waals surface area (Å²) < 4.78 is 0. The van der Waals surface area contributed by atoms with Crippen molar-refractivity contribution in [2.45, 2.75) is 26.3 Å². The monoisotopic (exact) mass is 144 g/mol. The molecule has 1 unspecified atom stereocenters. The SMILES string of the molecule is CC(=O)CNCCC(C)N. The van der Waals surface area contributed by atoms with Crippen LogP contribution in [-0.2, 0) is 4.79 Å². The van der Waals surface area contributed by atoms with Crippen molar-refractivity contribution in [1.29, 1.82) is 0 Å². The van der Waals surface area contributed by atoms with Crippen LogP contribution in [-0.4, -0.2) is 24.9 Å². The van der Waals surface area contributed by atoms with Crippen LogP contribution >= 0.6 is 0 Å². The number of carbonyl (C=O) groups is 1. The summed E-state index contributed by atoms with van der Waals surface area (Å²) in [4.78, 5) is 10.4. The van der Waals surface area contributed by atoms with E-state index >= 15 is 0 Å². The van der Waals surface area contributed by atoms with Crippen LogP contribution in [0.15, 0.2) is 0 Å². The number of nitrogens with two attached hydrogens (primary N) is 1. The molecule has 0 aliphatic heterocycles. The minimum Gasteiger partial charge on any atom is -0.328 e. The van der Waals surface area contributed by atoms with Crippen LogP contribution in [0.5, 0.6) is 0 Å². The van der Waals surface area contributed by atoms with Crippen molar-refractivity contribution in [3.8, 4) is 0 Å². The van der Waals surface area contributed by atoms with Gasteiger partial charge in [-0.1, -0.05) is 0 Å². The highest BCUT2D eigenvalue weighted by Gasteiger charge is 1.94. The molecule has 0 aromatic rings. The van der Waals surface area contributed by atoms with Gasteiger partial charge in [-0.3, -0.25) is 4.79 Å². The maximum absolute atomic E-state index is 10.4. The van der Waals surface area contributed by atoms with Crippen molar-refractivity contribution < 1.29 is 4.79 Å². The Morgan fingerprint density at radius 3 is 2.70 bits per heavy atom. The van der Waals surface area contributed by atoms with Crippen molar-refractivity contribution >= 4 is 5.78 Å². The van der Waals surface area contributed by atoms with E-state index < -0.39 is 0 Å².